The van der Waals surface area contributed by atoms with Gasteiger partial charge in [0.2, 0.25) is 0 Å². The van der Waals surface area contributed by atoms with Gasteiger partial charge in [-0.05, 0) is 24.6 Å². The largest absolute Gasteiger partial charge is 0.483 e. The van der Waals surface area contributed by atoms with Crippen LogP contribution < -0.4 is 14.4 Å². The number of Topliss-reactive ketones (excluding diaryl/α,β-unsaturated/α-hetero) is 1. The molecular formula is C25H17F6NO5. The molecule has 1 aliphatic rings. The second-order valence-electron chi connectivity index (χ2n) is 8.25. The van der Waals surface area contributed by atoms with Crippen LogP contribution >= 0.6 is 0 Å². The highest BCUT2D eigenvalue weighted by Crippen LogP contribution is 2.46. The Bertz CT molecular complexity index is 1320. The molecule has 1 heterocycles. The molecule has 0 radical (unpaired) electrons. The van der Waals surface area contributed by atoms with Gasteiger partial charge in [0.25, 0.3) is 11.8 Å². The van der Waals surface area contributed by atoms with E-state index < -0.39 is 60.0 Å². The Morgan fingerprint density at radius 1 is 0.757 bits per heavy atom. The molecule has 0 aliphatic carbocycles. The van der Waals surface area contributed by atoms with Gasteiger partial charge in [-0.2, -0.15) is 26.3 Å². The Hall–Kier alpha value is -4.09. The lowest BCUT2D eigenvalue weighted by molar-refractivity contribution is -0.154. The third-order valence-corrected chi connectivity index (χ3v) is 5.36. The lowest BCUT2D eigenvalue weighted by Crippen LogP contribution is -2.29. The predicted octanol–water partition coefficient (Wildman–Crippen LogP) is 5.65. The average Bonchev–Trinajstić information content (AvgIpc) is 3.05. The van der Waals surface area contributed by atoms with Crippen LogP contribution in [0.1, 0.15) is 33.2 Å². The molecule has 0 saturated heterocycles. The van der Waals surface area contributed by atoms with Crippen LogP contribution in [0.4, 0.5) is 32.0 Å². The van der Waals surface area contributed by atoms with Gasteiger partial charge in [-0.25, -0.2) is 4.90 Å². The summed E-state index contributed by atoms with van der Waals surface area (Å²) in [6.07, 6.45) is -9.53. The predicted molar refractivity (Wildman–Crippen MR) is 119 cm³/mol. The summed E-state index contributed by atoms with van der Waals surface area (Å²) < 4.78 is 87.9. The number of anilines is 1. The van der Waals surface area contributed by atoms with Crippen molar-refractivity contribution in [2.45, 2.75) is 25.7 Å². The first-order valence-electron chi connectivity index (χ1n) is 10.7. The normalized spacial score (nSPS) is 13.8. The second-order valence-corrected chi connectivity index (χ2v) is 8.25. The van der Waals surface area contributed by atoms with E-state index in [0.717, 1.165) is 0 Å². The highest BCUT2D eigenvalue weighted by Gasteiger charge is 2.45. The first kappa shape index (κ1) is 26.0. The molecular weight excluding hydrogens is 508 g/mol. The van der Waals surface area contributed by atoms with Gasteiger partial charge in [0.15, 0.2) is 13.2 Å². The van der Waals surface area contributed by atoms with Crippen LogP contribution in [-0.2, 0) is 11.2 Å². The van der Waals surface area contributed by atoms with Crippen molar-refractivity contribution < 1.29 is 50.2 Å². The summed E-state index contributed by atoms with van der Waals surface area (Å²) in [5, 5.41) is -0.273. The zero-order valence-corrected chi connectivity index (χ0v) is 19.0. The highest BCUT2D eigenvalue weighted by atomic mass is 19.4. The Kier molecular flexibility index (Phi) is 6.61. The van der Waals surface area contributed by atoms with Crippen molar-refractivity contribution in [1.29, 1.82) is 0 Å². The number of ether oxygens (including phenoxy) is 2. The molecule has 1 aliphatic heterocycles. The number of carbonyl (C=O) groups is 3. The molecule has 0 aromatic heterocycles. The van der Waals surface area contributed by atoms with Crippen molar-refractivity contribution in [3.8, 4) is 11.5 Å². The van der Waals surface area contributed by atoms with E-state index in [4.69, 9.17) is 9.47 Å². The van der Waals surface area contributed by atoms with E-state index in [2.05, 4.69) is 0 Å². The minimum atomic E-state index is -4.81. The van der Waals surface area contributed by atoms with Gasteiger partial charge in [0, 0.05) is 17.2 Å². The fourth-order valence-corrected chi connectivity index (χ4v) is 3.99. The van der Waals surface area contributed by atoms with Gasteiger partial charge in [-0.15, -0.1) is 0 Å². The van der Waals surface area contributed by atoms with Gasteiger partial charge >= 0.3 is 12.4 Å². The first-order valence-corrected chi connectivity index (χ1v) is 10.7. The maximum Gasteiger partial charge on any atom is 0.422 e. The van der Waals surface area contributed by atoms with Gasteiger partial charge in [0.05, 0.1) is 16.8 Å². The lowest BCUT2D eigenvalue weighted by atomic mass is 9.99. The number of rotatable bonds is 7. The zero-order chi connectivity index (χ0) is 27.1. The van der Waals surface area contributed by atoms with Crippen LogP contribution in [0.3, 0.4) is 0 Å². The van der Waals surface area contributed by atoms with Gasteiger partial charge < -0.3 is 9.47 Å². The molecule has 12 heteroatoms. The zero-order valence-electron chi connectivity index (χ0n) is 19.0. The number of alkyl halides is 6. The number of imide groups is 1. The average molecular weight is 525 g/mol. The molecule has 37 heavy (non-hydrogen) atoms. The second kappa shape index (κ2) is 9.41. The number of ketones is 1. The molecule has 4 rings (SSSR count). The number of halogens is 6. The van der Waals surface area contributed by atoms with E-state index in [-0.39, 0.29) is 28.7 Å². The van der Waals surface area contributed by atoms with Crippen molar-refractivity contribution in [2.75, 3.05) is 18.1 Å². The third-order valence-electron chi connectivity index (χ3n) is 5.36. The summed E-state index contributed by atoms with van der Waals surface area (Å²) in [6.45, 7) is -2.26. The highest BCUT2D eigenvalue weighted by molar-refractivity contribution is 6.38. The summed E-state index contributed by atoms with van der Waals surface area (Å²) in [5.74, 6) is -3.54. The number of carbonyl (C=O) groups excluding carboxylic acids is 3. The van der Waals surface area contributed by atoms with Crippen molar-refractivity contribution in [3.63, 3.8) is 0 Å². The molecule has 6 nitrogen and oxygen atoms in total. The molecule has 0 bridgehead atoms. The molecule has 0 fully saturated rings. The van der Waals surface area contributed by atoms with Gasteiger partial charge in [0.1, 0.15) is 17.3 Å². The SMILES string of the molecule is CC(=O)Cc1ccc(N2C(=O)c3c(c(OCC(F)(F)F)c4ccccc4c3OCC(F)(F)F)C2=O)cc1. The maximum atomic E-state index is 13.4. The molecule has 0 saturated carbocycles. The van der Waals surface area contributed by atoms with Gasteiger partial charge in [-0.3, -0.25) is 14.4 Å². The van der Waals surface area contributed by atoms with Crippen LogP contribution in [-0.4, -0.2) is 43.2 Å². The number of hydrogen-bond donors (Lipinski definition) is 0. The molecule has 3 aromatic carbocycles. The number of fused-ring (bicyclic) bond motifs is 2. The lowest BCUT2D eigenvalue weighted by Gasteiger charge is -2.18. The molecule has 194 valence electrons. The molecule has 0 unspecified atom stereocenters. The standard InChI is InChI=1S/C25H17F6NO5/c1-13(33)10-14-6-8-15(9-7-14)32-22(34)18-19(23(32)35)21(37-12-25(29,30)31)17-5-3-2-4-16(17)20(18)36-11-24(26,27)28/h2-9H,10-12H2,1H3. The van der Waals surface area contributed by atoms with Crippen molar-refractivity contribution in [1.82, 2.24) is 0 Å². The van der Waals surface area contributed by atoms with E-state index in [1.165, 1.54) is 55.5 Å². The molecule has 0 N–H and O–H groups in total. The number of benzene rings is 3. The molecule has 2 amide bonds. The van der Waals surface area contributed by atoms with Crippen LogP contribution in [0.25, 0.3) is 10.8 Å². The summed E-state index contributed by atoms with van der Waals surface area (Å²) in [4.78, 5) is 38.8. The topological polar surface area (TPSA) is 72.9 Å². The fourth-order valence-electron chi connectivity index (χ4n) is 3.99. The van der Waals surface area contributed by atoms with Crippen molar-refractivity contribution in [2.24, 2.45) is 0 Å². The van der Waals surface area contributed by atoms with Crippen LogP contribution in [0.5, 0.6) is 11.5 Å². The molecule has 0 atom stereocenters. The van der Waals surface area contributed by atoms with Crippen LogP contribution in [0, 0.1) is 0 Å². The number of hydrogen-bond acceptors (Lipinski definition) is 5. The number of amides is 2. The van der Waals surface area contributed by atoms with Gasteiger partial charge in [-0.1, -0.05) is 36.4 Å². The monoisotopic (exact) mass is 525 g/mol. The van der Waals surface area contributed by atoms with Crippen LogP contribution in [0.15, 0.2) is 48.5 Å². The van der Waals surface area contributed by atoms with Crippen LogP contribution in [0.2, 0.25) is 0 Å². The Labute approximate surface area is 205 Å². The summed E-state index contributed by atoms with van der Waals surface area (Å²) in [7, 11) is 0. The molecule has 0 spiro atoms. The van der Waals surface area contributed by atoms with E-state index >= 15 is 0 Å². The van der Waals surface area contributed by atoms with E-state index in [1.54, 1.807) is 0 Å². The smallest absolute Gasteiger partial charge is 0.422 e. The van der Waals surface area contributed by atoms with Crippen molar-refractivity contribution in [3.05, 3.63) is 65.2 Å². The fraction of sp³-hybridized carbons (Fsp3) is 0.240. The quantitative estimate of drug-likeness (QED) is 0.294. The van der Waals surface area contributed by atoms with E-state index in [9.17, 15) is 40.7 Å². The number of nitrogens with zero attached hydrogens (tertiary/aromatic N) is 1. The Balaban J connectivity index is 1.90. The summed E-state index contributed by atoms with van der Waals surface area (Å²) in [6, 6.07) is 10.9. The molecule has 3 aromatic rings. The summed E-state index contributed by atoms with van der Waals surface area (Å²) >= 11 is 0. The summed E-state index contributed by atoms with van der Waals surface area (Å²) in [5.41, 5.74) is -0.719. The van der Waals surface area contributed by atoms with E-state index in [0.29, 0.717) is 10.5 Å². The maximum absolute atomic E-state index is 13.4. The minimum absolute atomic E-state index is 0.00824. The first-order chi connectivity index (χ1) is 17.3. The Morgan fingerprint density at radius 2 is 1.19 bits per heavy atom. The third kappa shape index (κ3) is 5.37. The van der Waals surface area contributed by atoms with Crippen molar-refractivity contribution >= 4 is 34.1 Å². The minimum Gasteiger partial charge on any atom is -0.483 e. The van der Waals surface area contributed by atoms with E-state index in [1.807, 2.05) is 0 Å². The Morgan fingerprint density at radius 3 is 1.57 bits per heavy atom.